The fourth-order valence-corrected chi connectivity index (χ4v) is 2.26. The summed E-state index contributed by atoms with van der Waals surface area (Å²) >= 11 is 0. The van der Waals surface area contributed by atoms with E-state index < -0.39 is 17.9 Å². The van der Waals surface area contributed by atoms with Gasteiger partial charge in [0, 0.05) is 13.1 Å². The molecule has 2 rings (SSSR count). The summed E-state index contributed by atoms with van der Waals surface area (Å²) in [5.41, 5.74) is 7.58. The van der Waals surface area contributed by atoms with Crippen molar-refractivity contribution in [2.24, 2.45) is 5.73 Å². The molecule has 1 aromatic rings. The van der Waals surface area contributed by atoms with E-state index in [1.165, 1.54) is 4.90 Å². The third-order valence-electron chi connectivity index (χ3n) is 3.32. The van der Waals surface area contributed by atoms with Crippen LogP contribution in [0.3, 0.4) is 0 Å². The van der Waals surface area contributed by atoms with Gasteiger partial charge in [-0.05, 0) is 36.6 Å². The highest BCUT2D eigenvalue weighted by Gasteiger charge is 2.30. The Kier molecular flexibility index (Phi) is 4.24. The molecule has 0 aliphatic carbocycles. The van der Waals surface area contributed by atoms with Crippen LogP contribution in [-0.4, -0.2) is 41.1 Å². The minimum atomic E-state index is -1.28. The van der Waals surface area contributed by atoms with Gasteiger partial charge in [-0.15, -0.1) is 0 Å². The highest BCUT2D eigenvalue weighted by atomic mass is 16.5. The molecule has 108 valence electrons. The molecular weight excluding hydrogens is 260 g/mol. The van der Waals surface area contributed by atoms with E-state index in [9.17, 15) is 14.7 Å². The number of hydrogen-bond acceptors (Lipinski definition) is 5. The summed E-state index contributed by atoms with van der Waals surface area (Å²) in [6.07, 6.45) is 0.677. The second kappa shape index (κ2) is 5.92. The molecule has 1 atom stereocenters. The molecular formula is C14H18N2O4. The lowest BCUT2D eigenvalue weighted by Gasteiger charge is -2.30. The van der Waals surface area contributed by atoms with Crippen LogP contribution in [0.4, 0.5) is 0 Å². The van der Waals surface area contributed by atoms with Crippen molar-refractivity contribution in [3.63, 3.8) is 0 Å². The molecule has 1 aromatic carbocycles. The first kappa shape index (κ1) is 14.3. The molecule has 6 heteroatoms. The van der Waals surface area contributed by atoms with E-state index in [4.69, 9.17) is 10.5 Å². The fourth-order valence-electron chi connectivity index (χ4n) is 2.26. The van der Waals surface area contributed by atoms with Gasteiger partial charge in [0.25, 0.3) is 5.91 Å². The zero-order valence-electron chi connectivity index (χ0n) is 11.3. The lowest BCUT2D eigenvalue weighted by molar-refractivity contribution is -0.151. The molecule has 0 bridgehead atoms. The third-order valence-corrected chi connectivity index (χ3v) is 3.32. The number of hydrogen-bond donors (Lipinski definition) is 2. The third kappa shape index (κ3) is 2.91. The predicted molar refractivity (Wildman–Crippen MR) is 71.8 cm³/mol. The van der Waals surface area contributed by atoms with Gasteiger partial charge in [-0.2, -0.15) is 0 Å². The van der Waals surface area contributed by atoms with Gasteiger partial charge >= 0.3 is 5.97 Å². The van der Waals surface area contributed by atoms with Gasteiger partial charge in [0.1, 0.15) is 5.75 Å². The molecule has 1 aliphatic rings. The number of nitrogens with two attached hydrogens (primary N) is 1. The molecule has 3 N–H and O–H groups in total. The molecule has 0 radical (unpaired) electrons. The molecule has 0 saturated heterocycles. The Morgan fingerprint density at radius 3 is 2.90 bits per heavy atom. The molecule has 6 nitrogen and oxygen atoms in total. The van der Waals surface area contributed by atoms with Gasteiger partial charge in [-0.3, -0.25) is 4.79 Å². The number of phenols is 1. The van der Waals surface area contributed by atoms with E-state index in [-0.39, 0.29) is 12.4 Å². The number of esters is 1. The molecule has 1 amide bonds. The van der Waals surface area contributed by atoms with Crippen molar-refractivity contribution in [3.8, 4) is 5.75 Å². The molecule has 1 aliphatic heterocycles. The Bertz CT molecular complexity index is 530. The van der Waals surface area contributed by atoms with Crippen LogP contribution in [0.15, 0.2) is 18.2 Å². The number of aromatic hydroxyl groups is 1. The standard InChI is InChI=1S/C14H18N2O4/c1-2-20-14(19)12(15)13(18)16-6-5-9-3-4-11(17)7-10(9)8-16/h3-4,7,12,17H,2,5-6,8,15H2,1H3. The maximum Gasteiger partial charge on any atom is 0.332 e. The van der Waals surface area contributed by atoms with Crippen molar-refractivity contribution in [2.75, 3.05) is 13.2 Å². The van der Waals surface area contributed by atoms with Gasteiger partial charge in [0.2, 0.25) is 0 Å². The summed E-state index contributed by atoms with van der Waals surface area (Å²) in [5, 5.41) is 9.48. The second-order valence-corrected chi connectivity index (χ2v) is 4.69. The van der Waals surface area contributed by atoms with Crippen LogP contribution in [0.25, 0.3) is 0 Å². The van der Waals surface area contributed by atoms with E-state index >= 15 is 0 Å². The average Bonchev–Trinajstić information content (AvgIpc) is 2.45. The normalized spacial score (nSPS) is 15.4. The van der Waals surface area contributed by atoms with Crippen LogP contribution in [0.5, 0.6) is 5.75 Å². The monoisotopic (exact) mass is 278 g/mol. The molecule has 0 spiro atoms. The summed E-state index contributed by atoms with van der Waals surface area (Å²) in [7, 11) is 0. The van der Waals surface area contributed by atoms with Crippen molar-refractivity contribution in [3.05, 3.63) is 29.3 Å². The van der Waals surface area contributed by atoms with Gasteiger partial charge < -0.3 is 20.5 Å². The second-order valence-electron chi connectivity index (χ2n) is 4.69. The number of nitrogens with zero attached hydrogens (tertiary/aromatic N) is 1. The number of amides is 1. The van der Waals surface area contributed by atoms with Crippen LogP contribution in [0.1, 0.15) is 18.1 Å². The molecule has 0 saturated carbocycles. The number of carbonyl (C=O) groups is 2. The summed E-state index contributed by atoms with van der Waals surface area (Å²) in [4.78, 5) is 25.2. The van der Waals surface area contributed by atoms with Crippen molar-refractivity contribution < 1.29 is 19.4 Å². The number of benzene rings is 1. The summed E-state index contributed by atoms with van der Waals surface area (Å²) < 4.78 is 4.75. The Morgan fingerprint density at radius 2 is 2.20 bits per heavy atom. The average molecular weight is 278 g/mol. The first-order valence-corrected chi connectivity index (χ1v) is 6.54. The van der Waals surface area contributed by atoms with Gasteiger partial charge in [0.05, 0.1) is 6.61 Å². The van der Waals surface area contributed by atoms with Crippen LogP contribution in [0.2, 0.25) is 0 Å². The van der Waals surface area contributed by atoms with Crippen LogP contribution < -0.4 is 5.73 Å². The van der Waals surface area contributed by atoms with Crippen molar-refractivity contribution in [1.29, 1.82) is 0 Å². The Labute approximate surface area is 117 Å². The van der Waals surface area contributed by atoms with Crippen LogP contribution >= 0.6 is 0 Å². The zero-order chi connectivity index (χ0) is 14.7. The lowest BCUT2D eigenvalue weighted by Crippen LogP contribution is -2.50. The summed E-state index contributed by atoms with van der Waals surface area (Å²) in [6, 6.07) is 3.82. The quantitative estimate of drug-likeness (QED) is 0.607. The van der Waals surface area contributed by atoms with Crippen LogP contribution in [0, 0.1) is 0 Å². The summed E-state index contributed by atoms with van der Waals surface area (Å²) in [5.74, 6) is -0.996. The maximum absolute atomic E-state index is 12.1. The van der Waals surface area contributed by atoms with E-state index in [0.717, 1.165) is 11.1 Å². The topological polar surface area (TPSA) is 92.9 Å². The zero-order valence-corrected chi connectivity index (χ0v) is 11.3. The first-order valence-electron chi connectivity index (χ1n) is 6.54. The number of fused-ring (bicyclic) bond motifs is 1. The highest BCUT2D eigenvalue weighted by Crippen LogP contribution is 2.23. The number of rotatable bonds is 3. The highest BCUT2D eigenvalue weighted by molar-refractivity contribution is 6.01. The lowest BCUT2D eigenvalue weighted by atomic mass is 9.99. The van der Waals surface area contributed by atoms with Gasteiger partial charge in [-0.25, -0.2) is 4.79 Å². The maximum atomic E-state index is 12.1. The predicted octanol–water partition coefficient (Wildman–Crippen LogP) is 0.167. The number of phenolic OH excluding ortho intramolecular Hbond substituents is 1. The molecule has 20 heavy (non-hydrogen) atoms. The largest absolute Gasteiger partial charge is 0.508 e. The minimum absolute atomic E-state index is 0.160. The van der Waals surface area contributed by atoms with Gasteiger partial charge in [-0.1, -0.05) is 6.07 Å². The van der Waals surface area contributed by atoms with E-state index in [0.29, 0.717) is 19.5 Å². The smallest absolute Gasteiger partial charge is 0.332 e. The Balaban J connectivity index is 2.08. The van der Waals surface area contributed by atoms with Crippen molar-refractivity contribution in [1.82, 2.24) is 4.90 Å². The van der Waals surface area contributed by atoms with Crippen LogP contribution in [-0.2, 0) is 27.3 Å². The van der Waals surface area contributed by atoms with E-state index in [1.807, 2.05) is 6.07 Å². The van der Waals surface area contributed by atoms with E-state index in [2.05, 4.69) is 0 Å². The Hall–Kier alpha value is -2.08. The van der Waals surface area contributed by atoms with Crippen molar-refractivity contribution in [2.45, 2.75) is 25.9 Å². The Morgan fingerprint density at radius 1 is 1.45 bits per heavy atom. The van der Waals surface area contributed by atoms with Gasteiger partial charge in [0.15, 0.2) is 6.04 Å². The fraction of sp³-hybridized carbons (Fsp3) is 0.429. The number of ether oxygens (including phenoxy) is 1. The molecule has 1 unspecified atom stereocenters. The minimum Gasteiger partial charge on any atom is -0.508 e. The first-order chi connectivity index (χ1) is 9.52. The van der Waals surface area contributed by atoms with Crippen molar-refractivity contribution >= 4 is 11.9 Å². The molecule has 1 heterocycles. The number of carbonyl (C=O) groups excluding carboxylic acids is 2. The SMILES string of the molecule is CCOC(=O)C(N)C(=O)N1CCc2ccc(O)cc2C1. The summed E-state index contributed by atoms with van der Waals surface area (Å²) in [6.45, 7) is 2.70. The molecule has 0 fully saturated rings. The van der Waals surface area contributed by atoms with E-state index in [1.54, 1.807) is 19.1 Å². The molecule has 0 aromatic heterocycles.